The molecular formula is C21H25ClN4. The van der Waals surface area contributed by atoms with Crippen LogP contribution < -0.4 is 16.0 Å². The summed E-state index contributed by atoms with van der Waals surface area (Å²) in [6.45, 7) is 7.03. The van der Waals surface area contributed by atoms with Crippen molar-refractivity contribution in [2.75, 3.05) is 18.4 Å². The minimum atomic E-state index is -0.119. The Hall–Kier alpha value is -2.04. The highest BCUT2D eigenvalue weighted by Gasteiger charge is 2.40. The fourth-order valence-corrected chi connectivity index (χ4v) is 3.88. The van der Waals surface area contributed by atoms with Crippen molar-refractivity contribution in [2.24, 2.45) is 4.99 Å². The molecule has 2 aromatic rings. The number of rotatable bonds is 2. The fraction of sp³-hybridized carbons (Fsp3) is 0.381. The number of aryl methyl sites for hydroxylation is 2. The molecule has 0 radical (unpaired) electrons. The molecule has 26 heavy (non-hydrogen) atoms. The Bertz CT molecular complexity index is 836. The van der Waals surface area contributed by atoms with Crippen molar-refractivity contribution < 1.29 is 0 Å². The summed E-state index contributed by atoms with van der Waals surface area (Å²) in [6.07, 6.45) is 2.04. The van der Waals surface area contributed by atoms with Gasteiger partial charge in [0.15, 0.2) is 0 Å². The fourth-order valence-electron chi connectivity index (χ4n) is 3.75. The maximum absolute atomic E-state index is 6.00. The van der Waals surface area contributed by atoms with Crippen LogP contribution in [0.15, 0.2) is 41.4 Å². The number of hydrogen-bond donors (Lipinski definition) is 3. The number of hydrogen-bond acceptors (Lipinski definition) is 4. The number of fused-ring (bicyclic) bond motifs is 1. The Morgan fingerprint density at radius 3 is 2.50 bits per heavy atom. The quantitative estimate of drug-likeness (QED) is 0.739. The van der Waals surface area contributed by atoms with Gasteiger partial charge in [0.05, 0.1) is 16.9 Å². The molecule has 0 saturated carbocycles. The third kappa shape index (κ3) is 3.31. The SMILES string of the molecule is Cc1cc2c(cc1C)NC1(CCNCC1)C(NCc1ccc(Cl)cc1)=N2. The summed E-state index contributed by atoms with van der Waals surface area (Å²) >= 11 is 6.00. The number of anilines is 1. The van der Waals surface area contributed by atoms with Gasteiger partial charge in [-0.1, -0.05) is 23.7 Å². The van der Waals surface area contributed by atoms with E-state index in [0.29, 0.717) is 0 Å². The maximum atomic E-state index is 6.00. The number of nitrogens with zero attached hydrogens (tertiary/aromatic N) is 1. The molecule has 0 amide bonds. The molecule has 5 heteroatoms. The number of benzene rings is 2. The predicted octanol–water partition coefficient (Wildman–Crippen LogP) is 4.32. The van der Waals surface area contributed by atoms with Gasteiger partial charge in [-0.3, -0.25) is 0 Å². The van der Waals surface area contributed by atoms with Crippen LogP contribution >= 0.6 is 11.6 Å². The van der Waals surface area contributed by atoms with Gasteiger partial charge in [-0.25, -0.2) is 4.99 Å². The first kappa shape index (κ1) is 17.4. The summed E-state index contributed by atoms with van der Waals surface area (Å²) in [5.74, 6) is 1.05. The summed E-state index contributed by atoms with van der Waals surface area (Å²) in [4.78, 5) is 5.05. The lowest BCUT2D eigenvalue weighted by molar-refractivity contribution is 0.412. The van der Waals surface area contributed by atoms with Gasteiger partial charge >= 0.3 is 0 Å². The first-order valence-electron chi connectivity index (χ1n) is 9.23. The van der Waals surface area contributed by atoms with Gasteiger partial charge in [-0.15, -0.1) is 0 Å². The van der Waals surface area contributed by atoms with Crippen LogP contribution in [0.25, 0.3) is 0 Å². The molecule has 2 aromatic carbocycles. The van der Waals surface area contributed by atoms with E-state index in [1.165, 1.54) is 16.7 Å². The summed E-state index contributed by atoms with van der Waals surface area (Å²) in [5, 5.41) is 11.7. The third-order valence-corrected chi connectivity index (χ3v) is 5.75. The van der Waals surface area contributed by atoms with E-state index >= 15 is 0 Å². The normalized spacial score (nSPS) is 18.0. The summed E-state index contributed by atoms with van der Waals surface area (Å²) in [5.41, 5.74) is 5.82. The lowest BCUT2D eigenvalue weighted by Crippen LogP contribution is -2.58. The van der Waals surface area contributed by atoms with Crippen LogP contribution in [0, 0.1) is 13.8 Å². The van der Waals surface area contributed by atoms with Gasteiger partial charge in [0.25, 0.3) is 0 Å². The van der Waals surface area contributed by atoms with Crippen LogP contribution in [0.5, 0.6) is 0 Å². The van der Waals surface area contributed by atoms with E-state index in [0.717, 1.165) is 54.7 Å². The summed E-state index contributed by atoms with van der Waals surface area (Å²) in [6, 6.07) is 12.4. The molecule has 1 fully saturated rings. The van der Waals surface area contributed by atoms with Crippen molar-refractivity contribution >= 4 is 28.8 Å². The van der Waals surface area contributed by atoms with Crippen molar-refractivity contribution in [1.29, 1.82) is 0 Å². The molecular weight excluding hydrogens is 344 g/mol. The number of nitrogens with one attached hydrogen (secondary N) is 3. The Morgan fingerprint density at radius 1 is 1.08 bits per heavy atom. The van der Waals surface area contributed by atoms with Gasteiger partial charge < -0.3 is 16.0 Å². The highest BCUT2D eigenvalue weighted by Crippen LogP contribution is 2.38. The van der Waals surface area contributed by atoms with E-state index < -0.39 is 0 Å². The van der Waals surface area contributed by atoms with Gasteiger partial charge in [0.2, 0.25) is 0 Å². The molecule has 0 atom stereocenters. The van der Waals surface area contributed by atoms with Crippen LogP contribution in [0.4, 0.5) is 11.4 Å². The molecule has 1 saturated heterocycles. The van der Waals surface area contributed by atoms with Gasteiger partial charge in [-0.05, 0) is 80.7 Å². The van der Waals surface area contributed by atoms with Crippen molar-refractivity contribution in [3.63, 3.8) is 0 Å². The number of amidine groups is 1. The number of aliphatic imine (C=N–C) groups is 1. The van der Waals surface area contributed by atoms with Crippen molar-refractivity contribution in [2.45, 2.75) is 38.8 Å². The average molecular weight is 369 g/mol. The first-order chi connectivity index (χ1) is 12.6. The Morgan fingerprint density at radius 2 is 1.77 bits per heavy atom. The van der Waals surface area contributed by atoms with E-state index in [1.54, 1.807) is 0 Å². The Kier molecular flexibility index (Phi) is 4.63. The van der Waals surface area contributed by atoms with Crippen LogP contribution in [-0.4, -0.2) is 24.5 Å². The smallest absolute Gasteiger partial charge is 0.128 e. The van der Waals surface area contributed by atoms with Crippen molar-refractivity contribution in [1.82, 2.24) is 10.6 Å². The summed E-state index contributed by atoms with van der Waals surface area (Å²) < 4.78 is 0. The maximum Gasteiger partial charge on any atom is 0.128 e. The largest absolute Gasteiger partial charge is 0.371 e. The van der Waals surface area contributed by atoms with Crippen LogP contribution in [0.1, 0.15) is 29.5 Å². The van der Waals surface area contributed by atoms with Crippen LogP contribution in [0.2, 0.25) is 5.02 Å². The molecule has 0 aromatic heterocycles. The van der Waals surface area contributed by atoms with Gasteiger partial charge in [-0.2, -0.15) is 0 Å². The van der Waals surface area contributed by atoms with Gasteiger partial charge in [0, 0.05) is 11.6 Å². The molecule has 0 bridgehead atoms. The van der Waals surface area contributed by atoms with E-state index in [4.69, 9.17) is 16.6 Å². The van der Waals surface area contributed by atoms with Gasteiger partial charge in [0.1, 0.15) is 5.84 Å². The zero-order valence-corrected chi connectivity index (χ0v) is 16.1. The third-order valence-electron chi connectivity index (χ3n) is 5.50. The Labute approximate surface area is 160 Å². The second-order valence-electron chi connectivity index (χ2n) is 7.35. The highest BCUT2D eigenvalue weighted by molar-refractivity contribution is 6.30. The number of halogens is 1. The molecule has 0 unspecified atom stereocenters. The van der Waals surface area contributed by atoms with Crippen molar-refractivity contribution in [3.8, 4) is 0 Å². The monoisotopic (exact) mass is 368 g/mol. The molecule has 3 N–H and O–H groups in total. The second kappa shape index (κ2) is 6.93. The van der Waals surface area contributed by atoms with E-state index in [9.17, 15) is 0 Å². The second-order valence-corrected chi connectivity index (χ2v) is 7.79. The average Bonchev–Trinajstić information content (AvgIpc) is 2.64. The van der Waals surface area contributed by atoms with Crippen molar-refractivity contribution in [3.05, 3.63) is 58.1 Å². The molecule has 136 valence electrons. The minimum absolute atomic E-state index is 0.119. The molecule has 0 aliphatic carbocycles. The lowest BCUT2D eigenvalue weighted by Gasteiger charge is -2.43. The molecule has 2 aliphatic rings. The zero-order chi connectivity index (χ0) is 18.1. The minimum Gasteiger partial charge on any atom is -0.371 e. The molecule has 4 nitrogen and oxygen atoms in total. The summed E-state index contributed by atoms with van der Waals surface area (Å²) in [7, 11) is 0. The van der Waals surface area contributed by atoms with Crippen LogP contribution in [-0.2, 0) is 6.54 Å². The molecule has 1 spiro atoms. The molecule has 2 heterocycles. The first-order valence-corrected chi connectivity index (χ1v) is 9.61. The predicted molar refractivity (Wildman–Crippen MR) is 110 cm³/mol. The van der Waals surface area contributed by atoms with E-state index in [-0.39, 0.29) is 5.54 Å². The van der Waals surface area contributed by atoms with E-state index in [1.807, 2.05) is 12.1 Å². The topological polar surface area (TPSA) is 48.4 Å². The highest BCUT2D eigenvalue weighted by atomic mass is 35.5. The molecule has 2 aliphatic heterocycles. The van der Waals surface area contributed by atoms with Crippen LogP contribution in [0.3, 0.4) is 0 Å². The van der Waals surface area contributed by atoms with E-state index in [2.05, 4.69) is 54.1 Å². The Balaban J connectivity index is 1.66. The zero-order valence-electron chi connectivity index (χ0n) is 15.3. The standard InChI is InChI=1S/C21H25ClN4/c1-14-11-18-19(12-15(14)2)26-21(7-9-23-10-8-21)20(25-18)24-13-16-3-5-17(22)6-4-16/h3-6,11-12,23,26H,7-10,13H2,1-2H3,(H,24,25). The molecule has 4 rings (SSSR count). The lowest BCUT2D eigenvalue weighted by atomic mass is 9.84. The number of piperidine rings is 1.